The zero-order chi connectivity index (χ0) is 15.4. The van der Waals surface area contributed by atoms with Gasteiger partial charge < -0.3 is 24.0 Å². The van der Waals surface area contributed by atoms with Gasteiger partial charge in [0.1, 0.15) is 5.57 Å². The van der Waals surface area contributed by atoms with Crippen LogP contribution in [0.5, 0.6) is 0 Å². The summed E-state index contributed by atoms with van der Waals surface area (Å²) in [5.41, 5.74) is 2.10. The molecule has 2 atom stereocenters. The van der Waals surface area contributed by atoms with Gasteiger partial charge in [-0.15, -0.1) is 0 Å². The van der Waals surface area contributed by atoms with E-state index in [4.69, 9.17) is 0 Å². The van der Waals surface area contributed by atoms with Crippen molar-refractivity contribution in [2.75, 3.05) is 20.1 Å². The molecule has 0 radical (unpaired) electrons. The van der Waals surface area contributed by atoms with E-state index in [1.54, 1.807) is 11.5 Å². The Kier molecular flexibility index (Phi) is 7.74. The van der Waals surface area contributed by atoms with Crippen LogP contribution in [0.1, 0.15) is 77.6 Å². The van der Waals surface area contributed by atoms with Gasteiger partial charge in [0.15, 0.2) is 0 Å². The molecule has 2 nitrogen and oxygen atoms in total. The van der Waals surface area contributed by atoms with Crippen LogP contribution in [0.3, 0.4) is 0 Å². The number of hydrogen-bond donors (Lipinski definition) is 1. The molecule has 1 spiro atoms. The second-order valence-corrected chi connectivity index (χ2v) is 7.70. The number of halogens is 1. The summed E-state index contributed by atoms with van der Waals surface area (Å²) in [5, 5.41) is 3.89. The standard InChI is InChI=1S/C20H35N2.HI/c1-3-4-5-6-7-8-11-17-16-21-19-13-15-22(2)20(19)14-10-9-12-18(17)20;/h12,19,21H,3-11,13-16H2,1-2H3;1H/q+1;/p-1/t19-,20-;/m1./s1. The summed E-state index contributed by atoms with van der Waals surface area (Å²) >= 11 is 0. The largest absolute Gasteiger partial charge is 1.00 e. The number of piperidine rings is 1. The lowest BCUT2D eigenvalue weighted by Crippen LogP contribution is -3.00. The summed E-state index contributed by atoms with van der Waals surface area (Å²) in [6.07, 6.45) is 17.7. The maximum Gasteiger partial charge on any atom is 0.128 e. The van der Waals surface area contributed by atoms with Crippen LogP contribution < -0.4 is 29.3 Å². The van der Waals surface area contributed by atoms with Gasteiger partial charge in [0.05, 0.1) is 18.0 Å². The summed E-state index contributed by atoms with van der Waals surface area (Å²) in [6.45, 7) is 4.72. The highest BCUT2D eigenvalue weighted by molar-refractivity contribution is 5.43. The van der Waals surface area contributed by atoms with Crippen molar-refractivity contribution in [2.24, 2.45) is 0 Å². The number of likely N-dealkylation sites (N-methyl/N-ethyl adjacent to an activating group) is 1. The van der Waals surface area contributed by atoms with Gasteiger partial charge in [0.25, 0.3) is 0 Å². The van der Waals surface area contributed by atoms with Crippen molar-refractivity contribution in [1.29, 1.82) is 0 Å². The zero-order valence-corrected chi connectivity index (χ0v) is 17.3. The van der Waals surface area contributed by atoms with Gasteiger partial charge in [-0.25, -0.2) is 0 Å². The molecular formula is C20H35IN2. The van der Waals surface area contributed by atoms with Gasteiger partial charge in [-0.2, -0.15) is 0 Å². The molecule has 0 saturated carbocycles. The van der Waals surface area contributed by atoms with Gasteiger partial charge in [-0.3, -0.25) is 10.2 Å². The molecule has 132 valence electrons. The van der Waals surface area contributed by atoms with Crippen LogP contribution >= 0.6 is 0 Å². The molecule has 1 aliphatic carbocycles. The van der Waals surface area contributed by atoms with Crippen molar-refractivity contribution < 1.29 is 24.0 Å². The molecule has 0 unspecified atom stereocenters. The lowest BCUT2D eigenvalue weighted by atomic mass is 9.67. The zero-order valence-electron chi connectivity index (χ0n) is 15.2. The number of hydrogen-bond acceptors (Lipinski definition) is 2. The Morgan fingerprint density at radius 3 is 2.87 bits per heavy atom. The first-order valence-corrected chi connectivity index (χ1v) is 9.79. The van der Waals surface area contributed by atoms with E-state index in [2.05, 4.69) is 30.3 Å². The quantitative estimate of drug-likeness (QED) is 0.374. The molecule has 1 N–H and O–H groups in total. The number of likely N-dealkylation sites (tertiary alicyclic amines) is 1. The number of unbranched alkanes of at least 4 members (excludes halogenated alkanes) is 5. The Morgan fingerprint density at radius 1 is 1.26 bits per heavy atom. The van der Waals surface area contributed by atoms with E-state index in [1.165, 1.54) is 77.2 Å². The summed E-state index contributed by atoms with van der Waals surface area (Å²) < 4.78 is 0. The predicted molar refractivity (Wildman–Crippen MR) is 94.9 cm³/mol. The Balaban J connectivity index is 0.00000192. The average Bonchev–Trinajstić information content (AvgIpc) is 2.86. The minimum atomic E-state index is 0. The van der Waals surface area contributed by atoms with E-state index in [0.29, 0.717) is 11.6 Å². The van der Waals surface area contributed by atoms with E-state index < -0.39 is 0 Å². The van der Waals surface area contributed by atoms with E-state index in [9.17, 15) is 0 Å². The smallest absolute Gasteiger partial charge is 0.128 e. The Morgan fingerprint density at radius 2 is 2.04 bits per heavy atom. The Labute approximate surface area is 160 Å². The van der Waals surface area contributed by atoms with Crippen LogP contribution in [0, 0.1) is 5.92 Å². The van der Waals surface area contributed by atoms with Gasteiger partial charge in [-0.05, 0) is 32.7 Å². The van der Waals surface area contributed by atoms with Crippen molar-refractivity contribution >= 4 is 0 Å². The molecular weight excluding hydrogens is 395 g/mol. The average molecular weight is 430 g/mol. The first-order chi connectivity index (χ1) is 10.8. The van der Waals surface area contributed by atoms with Crippen LogP contribution in [-0.2, 0) is 0 Å². The maximum absolute atomic E-state index is 3.89. The fourth-order valence-corrected chi connectivity index (χ4v) is 5.12. The molecule has 2 heterocycles. The fraction of sp³-hybridized carbons (Fsp3) is 0.850. The topological polar surface area (TPSA) is 15.3 Å². The van der Waals surface area contributed by atoms with E-state index in [1.807, 2.05) is 0 Å². The van der Waals surface area contributed by atoms with Crippen molar-refractivity contribution in [2.45, 2.75) is 89.1 Å². The monoisotopic (exact) mass is 430 g/mol. The highest BCUT2D eigenvalue weighted by Crippen LogP contribution is 2.48. The molecule has 0 bridgehead atoms. The number of nitrogens with one attached hydrogen (secondary N) is 1. The number of allylic oxidation sites excluding steroid dienone is 1. The molecule has 0 amide bonds. The van der Waals surface area contributed by atoms with Crippen LogP contribution in [0.25, 0.3) is 0 Å². The van der Waals surface area contributed by atoms with Gasteiger partial charge in [-0.1, -0.05) is 39.0 Å². The SMILES string of the molecule is CCCCCCCC[C+]1CN[C@@H]2CCN(C)[C@@]23CCCC=C13.[I-]. The van der Waals surface area contributed by atoms with Gasteiger partial charge in [0, 0.05) is 31.5 Å². The van der Waals surface area contributed by atoms with Crippen LogP contribution in [0.4, 0.5) is 0 Å². The molecule has 0 aromatic heterocycles. The van der Waals surface area contributed by atoms with E-state index >= 15 is 0 Å². The van der Waals surface area contributed by atoms with E-state index in [-0.39, 0.29) is 24.0 Å². The minimum Gasteiger partial charge on any atom is -1.00 e. The van der Waals surface area contributed by atoms with E-state index in [0.717, 1.165) is 6.54 Å². The number of nitrogens with zero attached hydrogens (tertiary/aromatic N) is 1. The second-order valence-electron chi connectivity index (χ2n) is 7.70. The molecule has 3 heteroatoms. The summed E-state index contributed by atoms with van der Waals surface area (Å²) in [7, 11) is 2.36. The molecule has 23 heavy (non-hydrogen) atoms. The molecule has 3 rings (SSSR count). The van der Waals surface area contributed by atoms with Crippen molar-refractivity contribution in [3.63, 3.8) is 0 Å². The summed E-state index contributed by atoms with van der Waals surface area (Å²) in [4.78, 5) is 2.66. The third-order valence-electron chi connectivity index (χ3n) is 6.36. The summed E-state index contributed by atoms with van der Waals surface area (Å²) in [6, 6.07) is 0.706. The summed E-state index contributed by atoms with van der Waals surface area (Å²) in [5.74, 6) is 1.74. The Bertz CT molecular complexity index is 395. The lowest BCUT2D eigenvalue weighted by molar-refractivity contribution is -0.00000479. The van der Waals surface area contributed by atoms with Gasteiger partial charge in [0.2, 0.25) is 0 Å². The molecule has 0 aromatic carbocycles. The van der Waals surface area contributed by atoms with Crippen LogP contribution in [0.2, 0.25) is 0 Å². The Hall–Kier alpha value is 0.260. The molecule has 2 saturated heterocycles. The second kappa shape index (κ2) is 9.10. The van der Waals surface area contributed by atoms with Crippen LogP contribution in [-0.4, -0.2) is 36.6 Å². The molecule has 2 aliphatic heterocycles. The maximum atomic E-state index is 3.89. The van der Waals surface area contributed by atoms with Crippen molar-refractivity contribution in [3.05, 3.63) is 17.6 Å². The molecule has 0 aromatic rings. The first kappa shape index (κ1) is 19.6. The molecule has 3 aliphatic rings. The third kappa shape index (κ3) is 3.92. The number of rotatable bonds is 7. The van der Waals surface area contributed by atoms with Crippen LogP contribution in [0.15, 0.2) is 11.6 Å². The van der Waals surface area contributed by atoms with Gasteiger partial charge >= 0.3 is 0 Å². The predicted octanol–water partition coefficient (Wildman–Crippen LogP) is 1.47. The first-order valence-electron chi connectivity index (χ1n) is 9.79. The normalized spacial score (nSPS) is 30.4. The van der Waals surface area contributed by atoms with Crippen molar-refractivity contribution in [3.8, 4) is 0 Å². The highest BCUT2D eigenvalue weighted by atomic mass is 127. The minimum absolute atomic E-state index is 0. The third-order valence-corrected chi connectivity index (χ3v) is 6.36. The molecule has 2 fully saturated rings. The fourth-order valence-electron chi connectivity index (χ4n) is 5.12. The highest BCUT2D eigenvalue weighted by Gasteiger charge is 2.58. The lowest BCUT2D eigenvalue weighted by Gasteiger charge is -2.46. The van der Waals surface area contributed by atoms with Crippen molar-refractivity contribution in [1.82, 2.24) is 10.2 Å².